The first-order valence-electron chi connectivity index (χ1n) is 7.60. The summed E-state index contributed by atoms with van der Waals surface area (Å²) < 4.78 is 5.95. The molecule has 24 heavy (non-hydrogen) atoms. The van der Waals surface area contributed by atoms with Gasteiger partial charge in [0.2, 0.25) is 0 Å². The number of hydrogen-bond acceptors (Lipinski definition) is 4. The highest BCUT2D eigenvalue weighted by atomic mass is 16.6. The summed E-state index contributed by atoms with van der Waals surface area (Å²) in [6.45, 7) is 0. The molecular weight excluding hydrogens is 304 g/mol. The summed E-state index contributed by atoms with van der Waals surface area (Å²) in [6.07, 6.45) is 0. The third-order valence-corrected chi connectivity index (χ3v) is 4.08. The van der Waals surface area contributed by atoms with Crippen LogP contribution in [0, 0.1) is 10.1 Å². The van der Waals surface area contributed by atoms with E-state index in [1.54, 1.807) is 18.2 Å². The van der Waals surface area contributed by atoms with Crippen molar-refractivity contribution in [1.29, 1.82) is 0 Å². The molecule has 0 spiro atoms. The SMILES string of the molecule is O=[N+]([O-])c1ccccc1NC1c2ccccc2Oc2ccccc21. The van der Waals surface area contributed by atoms with Gasteiger partial charge in [-0.3, -0.25) is 10.1 Å². The molecule has 0 aromatic heterocycles. The molecule has 1 aliphatic rings. The van der Waals surface area contributed by atoms with Crippen LogP contribution in [-0.4, -0.2) is 4.92 Å². The average Bonchev–Trinajstić information content (AvgIpc) is 2.62. The number of benzene rings is 3. The van der Waals surface area contributed by atoms with Crippen LogP contribution < -0.4 is 10.1 Å². The lowest BCUT2D eigenvalue weighted by atomic mass is 9.94. The Hall–Kier alpha value is -3.34. The van der Waals surface area contributed by atoms with Crippen LogP contribution in [0.3, 0.4) is 0 Å². The Balaban J connectivity index is 1.83. The van der Waals surface area contributed by atoms with Crippen LogP contribution in [-0.2, 0) is 0 Å². The van der Waals surface area contributed by atoms with Crippen LogP contribution in [0.2, 0.25) is 0 Å². The number of para-hydroxylation sites is 4. The fourth-order valence-electron chi connectivity index (χ4n) is 2.98. The predicted molar refractivity (Wildman–Crippen MR) is 91.5 cm³/mol. The molecule has 4 rings (SSSR count). The summed E-state index contributed by atoms with van der Waals surface area (Å²) in [6, 6.07) is 21.9. The zero-order valence-electron chi connectivity index (χ0n) is 12.7. The van der Waals surface area contributed by atoms with E-state index in [4.69, 9.17) is 4.74 Å². The second kappa shape index (κ2) is 5.70. The van der Waals surface area contributed by atoms with Gasteiger partial charge < -0.3 is 10.1 Å². The van der Waals surface area contributed by atoms with Crippen LogP contribution in [0.4, 0.5) is 11.4 Å². The van der Waals surface area contributed by atoms with Gasteiger partial charge in [-0.1, -0.05) is 48.5 Å². The molecule has 0 unspecified atom stereocenters. The summed E-state index contributed by atoms with van der Waals surface area (Å²) in [4.78, 5) is 10.9. The molecule has 118 valence electrons. The lowest BCUT2D eigenvalue weighted by molar-refractivity contribution is -0.384. The summed E-state index contributed by atoms with van der Waals surface area (Å²) in [5, 5.41) is 14.6. The van der Waals surface area contributed by atoms with Crippen molar-refractivity contribution in [3.63, 3.8) is 0 Å². The van der Waals surface area contributed by atoms with Gasteiger partial charge in [0.05, 0.1) is 11.0 Å². The van der Waals surface area contributed by atoms with E-state index in [0.717, 1.165) is 22.6 Å². The molecule has 0 saturated heterocycles. The quantitative estimate of drug-likeness (QED) is 0.551. The molecule has 0 bridgehead atoms. The van der Waals surface area contributed by atoms with Crippen LogP contribution in [0.1, 0.15) is 17.2 Å². The van der Waals surface area contributed by atoms with Gasteiger partial charge in [0.25, 0.3) is 5.69 Å². The Morgan fingerprint density at radius 1 is 0.833 bits per heavy atom. The van der Waals surface area contributed by atoms with Gasteiger partial charge in [-0.15, -0.1) is 0 Å². The fourth-order valence-corrected chi connectivity index (χ4v) is 2.98. The van der Waals surface area contributed by atoms with Crippen LogP contribution >= 0.6 is 0 Å². The number of ether oxygens (including phenoxy) is 1. The number of anilines is 1. The fraction of sp³-hybridized carbons (Fsp3) is 0.0526. The zero-order valence-corrected chi connectivity index (χ0v) is 12.7. The van der Waals surface area contributed by atoms with Gasteiger partial charge in [0.1, 0.15) is 17.2 Å². The van der Waals surface area contributed by atoms with Crippen LogP contribution in [0.5, 0.6) is 11.5 Å². The van der Waals surface area contributed by atoms with Crippen molar-refractivity contribution in [2.75, 3.05) is 5.32 Å². The minimum atomic E-state index is -0.376. The monoisotopic (exact) mass is 318 g/mol. The Labute approximate surface area is 138 Å². The number of nitrogens with zero attached hydrogens (tertiary/aromatic N) is 1. The second-order valence-electron chi connectivity index (χ2n) is 5.53. The molecule has 1 N–H and O–H groups in total. The first-order valence-corrected chi connectivity index (χ1v) is 7.60. The first-order chi connectivity index (χ1) is 11.7. The Bertz CT molecular complexity index is 878. The predicted octanol–water partition coefficient (Wildman–Crippen LogP) is 4.90. The van der Waals surface area contributed by atoms with E-state index in [9.17, 15) is 10.1 Å². The number of fused-ring (bicyclic) bond motifs is 2. The molecule has 5 heteroatoms. The summed E-state index contributed by atoms with van der Waals surface area (Å²) in [5.41, 5.74) is 2.45. The number of nitro benzene ring substituents is 1. The number of nitrogens with one attached hydrogen (secondary N) is 1. The van der Waals surface area contributed by atoms with Crippen molar-refractivity contribution in [3.05, 3.63) is 94.0 Å². The normalized spacial score (nSPS) is 12.7. The van der Waals surface area contributed by atoms with Crippen molar-refractivity contribution in [2.45, 2.75) is 6.04 Å². The van der Waals surface area contributed by atoms with E-state index in [1.165, 1.54) is 6.07 Å². The lowest BCUT2D eigenvalue weighted by Gasteiger charge is -2.29. The Kier molecular flexibility index (Phi) is 3.39. The highest BCUT2D eigenvalue weighted by molar-refractivity contribution is 5.65. The summed E-state index contributed by atoms with van der Waals surface area (Å²) in [7, 11) is 0. The summed E-state index contributed by atoms with van der Waals surface area (Å²) in [5.74, 6) is 1.51. The van der Waals surface area contributed by atoms with Gasteiger partial charge in [-0.25, -0.2) is 0 Å². The van der Waals surface area contributed by atoms with Crippen molar-refractivity contribution in [1.82, 2.24) is 0 Å². The highest BCUT2D eigenvalue weighted by Gasteiger charge is 2.28. The van der Waals surface area contributed by atoms with Gasteiger partial charge in [0.15, 0.2) is 0 Å². The molecule has 0 radical (unpaired) electrons. The molecule has 1 heterocycles. The summed E-state index contributed by atoms with van der Waals surface area (Å²) >= 11 is 0. The molecule has 0 amide bonds. The van der Waals surface area contributed by atoms with Gasteiger partial charge in [-0.05, 0) is 18.2 Å². The molecule has 5 nitrogen and oxygen atoms in total. The first kappa shape index (κ1) is 14.3. The van der Waals surface area contributed by atoms with Crippen molar-refractivity contribution < 1.29 is 9.66 Å². The number of nitro groups is 1. The maximum Gasteiger partial charge on any atom is 0.292 e. The molecule has 0 aliphatic carbocycles. The largest absolute Gasteiger partial charge is 0.457 e. The third kappa shape index (κ3) is 2.36. The smallest absolute Gasteiger partial charge is 0.292 e. The highest BCUT2D eigenvalue weighted by Crippen LogP contribution is 2.44. The van der Waals surface area contributed by atoms with E-state index in [-0.39, 0.29) is 16.7 Å². The van der Waals surface area contributed by atoms with Crippen molar-refractivity contribution in [2.24, 2.45) is 0 Å². The van der Waals surface area contributed by atoms with E-state index in [2.05, 4.69) is 5.32 Å². The van der Waals surface area contributed by atoms with Crippen LogP contribution in [0.25, 0.3) is 0 Å². The minimum Gasteiger partial charge on any atom is -0.457 e. The maximum atomic E-state index is 11.3. The zero-order chi connectivity index (χ0) is 16.5. The minimum absolute atomic E-state index is 0.0546. The molecule has 3 aromatic rings. The maximum absolute atomic E-state index is 11.3. The van der Waals surface area contributed by atoms with E-state index in [1.807, 2.05) is 48.5 Å². The number of rotatable bonds is 3. The second-order valence-corrected chi connectivity index (χ2v) is 5.53. The standard InChI is InChI=1S/C19H14N2O3/c22-21(23)16-10-4-3-9-15(16)20-19-13-7-1-5-11-17(13)24-18-12-6-2-8-14(18)19/h1-12,19-20H. The van der Waals surface area contributed by atoms with Crippen molar-refractivity contribution >= 4 is 11.4 Å². The van der Waals surface area contributed by atoms with E-state index >= 15 is 0 Å². The third-order valence-electron chi connectivity index (χ3n) is 4.08. The van der Waals surface area contributed by atoms with E-state index in [0.29, 0.717) is 5.69 Å². The molecule has 0 fully saturated rings. The van der Waals surface area contributed by atoms with Gasteiger partial charge in [0, 0.05) is 17.2 Å². The van der Waals surface area contributed by atoms with Gasteiger partial charge >= 0.3 is 0 Å². The molecule has 3 aromatic carbocycles. The Morgan fingerprint density at radius 3 is 2.00 bits per heavy atom. The van der Waals surface area contributed by atoms with E-state index < -0.39 is 0 Å². The lowest BCUT2D eigenvalue weighted by Crippen LogP contribution is -2.18. The molecular formula is C19H14N2O3. The van der Waals surface area contributed by atoms with Gasteiger partial charge in [-0.2, -0.15) is 0 Å². The molecule has 0 saturated carbocycles. The number of hydrogen-bond donors (Lipinski definition) is 1. The average molecular weight is 318 g/mol. The van der Waals surface area contributed by atoms with Crippen molar-refractivity contribution in [3.8, 4) is 11.5 Å². The molecule has 1 aliphatic heterocycles. The molecule has 0 atom stereocenters. The van der Waals surface area contributed by atoms with Crippen LogP contribution in [0.15, 0.2) is 72.8 Å². The Morgan fingerprint density at radius 2 is 1.38 bits per heavy atom. The topological polar surface area (TPSA) is 64.4 Å².